The molecule has 0 spiro atoms. The van der Waals surface area contributed by atoms with E-state index in [-0.39, 0.29) is 17.0 Å². The molecule has 0 unspecified atom stereocenters. The van der Waals surface area contributed by atoms with Crippen LogP contribution < -0.4 is 10.9 Å². The highest BCUT2D eigenvalue weighted by Gasteiger charge is 2.24. The number of carboxylic acid groups (broad SMARTS) is 1. The van der Waals surface area contributed by atoms with Crippen LogP contribution in [-0.2, 0) is 11.3 Å². The van der Waals surface area contributed by atoms with Gasteiger partial charge in [0.15, 0.2) is 11.4 Å². The fourth-order valence-electron chi connectivity index (χ4n) is 2.76. The first-order chi connectivity index (χ1) is 11.0. The molecule has 8 heteroatoms. The Labute approximate surface area is 132 Å². The van der Waals surface area contributed by atoms with Crippen LogP contribution in [0.3, 0.4) is 0 Å². The monoisotopic (exact) mass is 318 g/mol. The quantitative estimate of drug-likeness (QED) is 0.700. The van der Waals surface area contributed by atoms with E-state index in [2.05, 4.69) is 10.3 Å². The average molecular weight is 318 g/mol. The van der Waals surface area contributed by atoms with Gasteiger partial charge in [-0.1, -0.05) is 0 Å². The molecule has 23 heavy (non-hydrogen) atoms. The zero-order valence-electron chi connectivity index (χ0n) is 12.5. The number of carbonyl (C=O) groups is 1. The zero-order chi connectivity index (χ0) is 16.4. The highest BCUT2D eigenvalue weighted by Crippen LogP contribution is 2.15. The van der Waals surface area contributed by atoms with Gasteiger partial charge in [-0.15, -0.1) is 0 Å². The van der Waals surface area contributed by atoms with Gasteiger partial charge in [-0.05, 0) is 12.1 Å². The van der Waals surface area contributed by atoms with E-state index in [4.69, 9.17) is 0 Å². The molecule has 1 saturated heterocycles. The summed E-state index contributed by atoms with van der Waals surface area (Å²) in [7, 11) is 0. The summed E-state index contributed by atoms with van der Waals surface area (Å²) < 4.78 is 1.28. The van der Waals surface area contributed by atoms with Crippen LogP contribution in [-0.4, -0.2) is 56.6 Å². The summed E-state index contributed by atoms with van der Waals surface area (Å²) in [6.45, 7) is 2.54. The highest BCUT2D eigenvalue weighted by atomic mass is 16.4. The average Bonchev–Trinajstić information content (AvgIpc) is 2.74. The third-order valence-electron chi connectivity index (χ3n) is 3.93. The van der Waals surface area contributed by atoms with E-state index in [1.165, 1.54) is 16.5 Å². The number of hydrogen-bond donors (Lipinski definition) is 3. The predicted molar refractivity (Wildman–Crippen MR) is 82.4 cm³/mol. The van der Waals surface area contributed by atoms with Gasteiger partial charge in [-0.3, -0.25) is 18.9 Å². The Kier molecular flexibility index (Phi) is 4.26. The van der Waals surface area contributed by atoms with Crippen LogP contribution in [0.15, 0.2) is 29.2 Å². The lowest BCUT2D eigenvalue weighted by atomic mass is 10.1. The number of nitrogens with zero attached hydrogens (tertiary/aromatic N) is 3. The van der Waals surface area contributed by atoms with Gasteiger partial charge in [0.2, 0.25) is 0 Å². The Morgan fingerprint density at radius 1 is 1.48 bits per heavy atom. The molecule has 0 amide bonds. The number of aromatic hydroxyl groups is 1. The van der Waals surface area contributed by atoms with Crippen LogP contribution in [0.1, 0.15) is 5.69 Å². The molecule has 1 aliphatic rings. The lowest BCUT2D eigenvalue weighted by molar-refractivity contribution is -0.142. The normalized spacial score (nSPS) is 19.6. The van der Waals surface area contributed by atoms with Crippen LogP contribution in [0.4, 0.5) is 0 Å². The van der Waals surface area contributed by atoms with E-state index in [9.17, 15) is 19.8 Å². The summed E-state index contributed by atoms with van der Waals surface area (Å²) >= 11 is 0. The molecule has 3 heterocycles. The summed E-state index contributed by atoms with van der Waals surface area (Å²) in [6, 6.07) is 4.46. The molecule has 0 aromatic carbocycles. The maximum Gasteiger partial charge on any atom is 0.309 e. The second kappa shape index (κ2) is 6.35. The zero-order valence-corrected chi connectivity index (χ0v) is 12.5. The maximum absolute atomic E-state index is 12.1. The van der Waals surface area contributed by atoms with Gasteiger partial charge < -0.3 is 15.5 Å². The van der Waals surface area contributed by atoms with Gasteiger partial charge in [0.05, 0.1) is 11.6 Å². The molecule has 3 N–H and O–H groups in total. The van der Waals surface area contributed by atoms with Crippen LogP contribution in [0.2, 0.25) is 0 Å². The Balaban J connectivity index is 1.87. The van der Waals surface area contributed by atoms with Crippen LogP contribution in [0.25, 0.3) is 5.65 Å². The first-order valence-corrected chi connectivity index (χ1v) is 7.41. The van der Waals surface area contributed by atoms with Crippen molar-refractivity contribution in [2.75, 3.05) is 26.2 Å². The van der Waals surface area contributed by atoms with Gasteiger partial charge in [-0.2, -0.15) is 0 Å². The Morgan fingerprint density at radius 3 is 3.09 bits per heavy atom. The van der Waals surface area contributed by atoms with E-state index >= 15 is 0 Å². The fourth-order valence-corrected chi connectivity index (χ4v) is 2.76. The largest absolute Gasteiger partial charge is 0.504 e. The maximum atomic E-state index is 12.1. The molecule has 3 rings (SSSR count). The second-order valence-corrected chi connectivity index (χ2v) is 5.65. The number of hydrogen-bond acceptors (Lipinski definition) is 6. The number of carboxylic acids is 1. The molecule has 1 fully saturated rings. The molecule has 1 atom stereocenters. The number of rotatable bonds is 3. The summed E-state index contributed by atoms with van der Waals surface area (Å²) in [6.07, 6.45) is 1.55. The molecule has 1 aliphatic heterocycles. The number of pyridine rings is 1. The first kappa shape index (κ1) is 15.4. The molecule has 2 aromatic heterocycles. The van der Waals surface area contributed by atoms with Crippen molar-refractivity contribution in [3.63, 3.8) is 0 Å². The van der Waals surface area contributed by atoms with Crippen molar-refractivity contribution < 1.29 is 15.0 Å². The van der Waals surface area contributed by atoms with E-state index in [1.807, 2.05) is 4.90 Å². The van der Waals surface area contributed by atoms with Crippen molar-refractivity contribution in [1.29, 1.82) is 0 Å². The highest BCUT2D eigenvalue weighted by molar-refractivity contribution is 5.70. The van der Waals surface area contributed by atoms with Crippen LogP contribution in [0.5, 0.6) is 5.75 Å². The molecular formula is C15H18N4O4. The Bertz CT molecular complexity index is 789. The fraction of sp³-hybridized carbons (Fsp3) is 0.400. The molecular weight excluding hydrogens is 300 g/mol. The van der Waals surface area contributed by atoms with Gasteiger partial charge in [0.25, 0.3) is 5.56 Å². The van der Waals surface area contributed by atoms with Gasteiger partial charge >= 0.3 is 5.97 Å². The van der Waals surface area contributed by atoms with Crippen molar-refractivity contribution in [2.24, 2.45) is 5.92 Å². The van der Waals surface area contributed by atoms with Crippen molar-refractivity contribution in [2.45, 2.75) is 6.54 Å². The van der Waals surface area contributed by atoms with Crippen LogP contribution in [0, 0.1) is 5.92 Å². The van der Waals surface area contributed by atoms with E-state index in [0.29, 0.717) is 38.4 Å². The second-order valence-electron chi connectivity index (χ2n) is 5.65. The van der Waals surface area contributed by atoms with Gasteiger partial charge in [0.1, 0.15) is 0 Å². The number of aliphatic carboxylic acids is 1. The Hall–Kier alpha value is -2.45. The minimum atomic E-state index is -0.839. The van der Waals surface area contributed by atoms with Crippen molar-refractivity contribution >= 4 is 11.6 Å². The third-order valence-corrected chi connectivity index (χ3v) is 3.93. The predicted octanol–water partition coefficient (Wildman–Crippen LogP) is -0.494. The summed E-state index contributed by atoms with van der Waals surface area (Å²) in [5, 5.41) is 22.2. The molecule has 0 radical (unpaired) electrons. The lowest BCUT2D eigenvalue weighted by Gasteiger charge is -2.21. The minimum Gasteiger partial charge on any atom is -0.504 e. The van der Waals surface area contributed by atoms with Gasteiger partial charge in [0, 0.05) is 45.0 Å². The summed E-state index contributed by atoms with van der Waals surface area (Å²) in [5.41, 5.74) is 0.448. The summed E-state index contributed by atoms with van der Waals surface area (Å²) in [5.74, 6) is -1.39. The first-order valence-electron chi connectivity index (χ1n) is 7.41. The van der Waals surface area contributed by atoms with Gasteiger partial charge in [-0.25, -0.2) is 4.98 Å². The lowest BCUT2D eigenvalue weighted by Crippen LogP contribution is -2.34. The van der Waals surface area contributed by atoms with Crippen molar-refractivity contribution in [3.8, 4) is 5.75 Å². The number of aromatic nitrogens is 2. The van der Waals surface area contributed by atoms with Crippen LogP contribution >= 0.6 is 0 Å². The molecule has 122 valence electrons. The number of nitrogens with one attached hydrogen (secondary N) is 1. The Morgan fingerprint density at radius 2 is 2.30 bits per heavy atom. The standard InChI is InChI=1S/C15H18N4O4/c20-12-2-1-4-19-13(21)6-11(17-14(12)19)9-18-5-3-16-7-10(8-18)15(22)23/h1-2,4,6,10,16,20H,3,5,7-9H2,(H,22,23)/t10-/m0/s1. The van der Waals surface area contributed by atoms with E-state index in [0.717, 1.165) is 0 Å². The molecule has 8 nitrogen and oxygen atoms in total. The molecule has 0 saturated carbocycles. The summed E-state index contributed by atoms with van der Waals surface area (Å²) in [4.78, 5) is 29.6. The topological polar surface area (TPSA) is 107 Å². The molecule has 0 aliphatic carbocycles. The molecule has 0 bridgehead atoms. The number of fused-ring (bicyclic) bond motifs is 1. The van der Waals surface area contributed by atoms with E-state index in [1.54, 1.807) is 12.3 Å². The minimum absolute atomic E-state index is 0.0626. The third kappa shape index (κ3) is 3.33. The van der Waals surface area contributed by atoms with Crippen molar-refractivity contribution in [1.82, 2.24) is 19.6 Å². The SMILES string of the molecule is O=C(O)[C@H]1CNCCN(Cc2cc(=O)n3cccc(O)c3n2)C1. The smallest absolute Gasteiger partial charge is 0.309 e. The van der Waals surface area contributed by atoms with Crippen molar-refractivity contribution in [3.05, 3.63) is 40.4 Å². The van der Waals surface area contributed by atoms with E-state index < -0.39 is 11.9 Å². The molecule has 2 aromatic rings.